The van der Waals surface area contributed by atoms with Crippen LogP contribution in [0.3, 0.4) is 0 Å². The zero-order valence-corrected chi connectivity index (χ0v) is 16.0. The largest absolute Gasteiger partial charge is 0.473 e. The van der Waals surface area contributed by atoms with Crippen LogP contribution >= 0.6 is 0 Å². The maximum absolute atomic E-state index is 12.5. The van der Waals surface area contributed by atoms with Gasteiger partial charge in [-0.25, -0.2) is 18.0 Å². The molecule has 1 saturated carbocycles. The quantitative estimate of drug-likeness (QED) is 0.733. The predicted octanol–water partition coefficient (Wildman–Crippen LogP) is 1.23. The van der Waals surface area contributed by atoms with E-state index in [0.717, 1.165) is 18.7 Å². The lowest BCUT2D eigenvalue weighted by Crippen LogP contribution is -2.51. The fourth-order valence-electron chi connectivity index (χ4n) is 3.49. The van der Waals surface area contributed by atoms with Gasteiger partial charge in [-0.2, -0.15) is 4.31 Å². The van der Waals surface area contributed by atoms with Crippen LogP contribution in [0.25, 0.3) is 0 Å². The van der Waals surface area contributed by atoms with E-state index in [1.54, 1.807) is 4.31 Å². The van der Waals surface area contributed by atoms with Gasteiger partial charge in [0.05, 0.1) is 5.75 Å². The van der Waals surface area contributed by atoms with Gasteiger partial charge in [-0.3, -0.25) is 4.90 Å². The van der Waals surface area contributed by atoms with Crippen molar-refractivity contribution >= 4 is 22.0 Å². The Morgan fingerprint density at radius 1 is 0.926 bits per heavy atom. The van der Waals surface area contributed by atoms with Gasteiger partial charge < -0.3 is 10.2 Å². The summed E-state index contributed by atoms with van der Waals surface area (Å²) in [6.45, 7) is 3.06. The second kappa shape index (κ2) is 9.82. The van der Waals surface area contributed by atoms with Gasteiger partial charge in [0.2, 0.25) is 10.0 Å². The van der Waals surface area contributed by atoms with E-state index in [-0.39, 0.29) is 5.75 Å². The Kier molecular flexibility index (Phi) is 7.76. The van der Waals surface area contributed by atoms with Crippen LogP contribution in [-0.4, -0.2) is 72.0 Å². The fraction of sp³-hybridized carbons (Fsp3) is 0.556. The normalized spacial score (nSPS) is 19.3. The van der Waals surface area contributed by atoms with Gasteiger partial charge in [-0.05, 0) is 18.4 Å². The fourth-order valence-corrected chi connectivity index (χ4v) is 5.01. The van der Waals surface area contributed by atoms with Crippen LogP contribution in [0.2, 0.25) is 0 Å². The van der Waals surface area contributed by atoms with Crippen molar-refractivity contribution in [3.05, 3.63) is 35.9 Å². The first kappa shape index (κ1) is 21.3. The summed E-state index contributed by atoms with van der Waals surface area (Å²) in [5.41, 5.74) is 0.871. The molecule has 1 aromatic carbocycles. The third kappa shape index (κ3) is 6.60. The molecule has 0 amide bonds. The van der Waals surface area contributed by atoms with Crippen molar-refractivity contribution in [2.45, 2.75) is 37.5 Å². The van der Waals surface area contributed by atoms with Crippen LogP contribution in [0.4, 0.5) is 0 Å². The molecule has 0 aromatic heterocycles. The number of carbonyl (C=O) groups is 2. The first-order valence-corrected chi connectivity index (χ1v) is 10.6. The van der Waals surface area contributed by atoms with Crippen molar-refractivity contribution in [1.82, 2.24) is 9.21 Å². The van der Waals surface area contributed by atoms with E-state index < -0.39 is 22.0 Å². The molecule has 0 spiro atoms. The number of hydrogen-bond acceptors (Lipinski definition) is 5. The van der Waals surface area contributed by atoms with Crippen molar-refractivity contribution in [2.75, 3.05) is 26.2 Å². The Bertz CT molecular complexity index is 711. The van der Waals surface area contributed by atoms with E-state index in [9.17, 15) is 8.42 Å². The smallest absolute Gasteiger partial charge is 0.414 e. The number of rotatable bonds is 4. The molecule has 0 radical (unpaired) electrons. The van der Waals surface area contributed by atoms with Crippen LogP contribution in [0.1, 0.15) is 31.2 Å². The molecule has 1 aromatic rings. The zero-order chi connectivity index (χ0) is 19.9. The number of nitrogens with zero attached hydrogens (tertiary/aromatic N) is 2. The lowest BCUT2D eigenvalue weighted by molar-refractivity contribution is -0.159. The Balaban J connectivity index is 0.000000380. The first-order valence-electron chi connectivity index (χ1n) is 9.01. The van der Waals surface area contributed by atoms with E-state index in [0.29, 0.717) is 19.1 Å². The summed E-state index contributed by atoms with van der Waals surface area (Å²) < 4.78 is 26.7. The van der Waals surface area contributed by atoms with Crippen molar-refractivity contribution in [2.24, 2.45) is 0 Å². The molecule has 1 saturated heterocycles. The summed E-state index contributed by atoms with van der Waals surface area (Å²) in [4.78, 5) is 20.7. The molecular weight excluding hydrogens is 372 g/mol. The number of hydrogen-bond donors (Lipinski definition) is 2. The summed E-state index contributed by atoms with van der Waals surface area (Å²) >= 11 is 0. The topological polar surface area (TPSA) is 115 Å². The average Bonchev–Trinajstić information content (AvgIpc) is 3.17. The SMILES string of the molecule is O=C(O)C(=O)O.O=S(=O)(Cc1ccccc1)N1CCN(C2CCCC2)CC1. The third-order valence-electron chi connectivity index (χ3n) is 4.88. The molecule has 2 N–H and O–H groups in total. The lowest BCUT2D eigenvalue weighted by Gasteiger charge is -2.37. The van der Waals surface area contributed by atoms with E-state index >= 15 is 0 Å². The Labute approximate surface area is 159 Å². The number of benzene rings is 1. The van der Waals surface area contributed by atoms with Crippen LogP contribution in [0.5, 0.6) is 0 Å². The van der Waals surface area contributed by atoms with Crippen molar-refractivity contribution in [1.29, 1.82) is 0 Å². The van der Waals surface area contributed by atoms with Gasteiger partial charge in [-0.1, -0.05) is 43.2 Å². The third-order valence-corrected chi connectivity index (χ3v) is 6.73. The predicted molar refractivity (Wildman–Crippen MR) is 99.7 cm³/mol. The van der Waals surface area contributed by atoms with Crippen molar-refractivity contribution < 1.29 is 28.2 Å². The molecule has 27 heavy (non-hydrogen) atoms. The molecule has 1 heterocycles. The Morgan fingerprint density at radius 3 is 1.93 bits per heavy atom. The summed E-state index contributed by atoms with van der Waals surface area (Å²) in [7, 11) is -3.18. The zero-order valence-electron chi connectivity index (χ0n) is 15.2. The second-order valence-corrected chi connectivity index (χ2v) is 8.69. The highest BCUT2D eigenvalue weighted by Crippen LogP contribution is 2.25. The highest BCUT2D eigenvalue weighted by molar-refractivity contribution is 7.88. The summed E-state index contributed by atoms with van der Waals surface area (Å²) in [5.74, 6) is -3.53. The lowest BCUT2D eigenvalue weighted by atomic mass is 10.2. The molecule has 0 bridgehead atoms. The molecule has 2 fully saturated rings. The number of piperazine rings is 1. The first-order chi connectivity index (χ1) is 12.8. The van der Waals surface area contributed by atoms with Crippen LogP contribution in [0.15, 0.2) is 30.3 Å². The summed E-state index contributed by atoms with van der Waals surface area (Å²) in [6.07, 6.45) is 5.24. The molecule has 9 heteroatoms. The van der Waals surface area contributed by atoms with Crippen LogP contribution in [0, 0.1) is 0 Å². The van der Waals surface area contributed by atoms with Gasteiger partial charge >= 0.3 is 11.9 Å². The molecule has 1 aliphatic heterocycles. The average molecular weight is 398 g/mol. The molecule has 150 valence electrons. The van der Waals surface area contributed by atoms with Gasteiger partial charge in [-0.15, -0.1) is 0 Å². The maximum atomic E-state index is 12.5. The minimum absolute atomic E-state index is 0.122. The molecule has 8 nitrogen and oxygen atoms in total. The molecular formula is C18H26N2O6S. The number of carboxylic acids is 2. The van der Waals surface area contributed by atoms with E-state index in [1.165, 1.54) is 25.7 Å². The highest BCUT2D eigenvalue weighted by Gasteiger charge is 2.30. The maximum Gasteiger partial charge on any atom is 0.414 e. The molecule has 1 aliphatic carbocycles. The van der Waals surface area contributed by atoms with Gasteiger partial charge in [0.25, 0.3) is 0 Å². The minimum atomic E-state index is -3.18. The van der Waals surface area contributed by atoms with Crippen molar-refractivity contribution in [3.8, 4) is 0 Å². The number of aliphatic carboxylic acids is 2. The number of sulfonamides is 1. The molecule has 2 aliphatic rings. The van der Waals surface area contributed by atoms with Gasteiger partial charge in [0.1, 0.15) is 0 Å². The molecule has 3 rings (SSSR count). The monoisotopic (exact) mass is 398 g/mol. The highest BCUT2D eigenvalue weighted by atomic mass is 32.2. The van der Waals surface area contributed by atoms with E-state index in [1.807, 2.05) is 30.3 Å². The van der Waals surface area contributed by atoms with E-state index in [2.05, 4.69) is 4.90 Å². The van der Waals surface area contributed by atoms with Crippen LogP contribution in [-0.2, 0) is 25.4 Å². The van der Waals surface area contributed by atoms with Crippen molar-refractivity contribution in [3.63, 3.8) is 0 Å². The summed E-state index contributed by atoms with van der Waals surface area (Å²) in [6, 6.07) is 10.2. The summed E-state index contributed by atoms with van der Waals surface area (Å²) in [5, 5.41) is 14.8. The molecule has 0 unspecified atom stereocenters. The molecule has 0 atom stereocenters. The van der Waals surface area contributed by atoms with Gasteiger partial charge in [0, 0.05) is 32.2 Å². The standard InChI is InChI=1S/C16H24N2O2S.C2H2O4/c19-21(20,14-15-6-2-1-3-7-15)18-12-10-17(11-13-18)16-8-4-5-9-16;3-1(4)2(5)6/h1-3,6-7,16H,4-5,8-14H2;(H,3,4)(H,5,6). The number of carboxylic acid groups (broad SMARTS) is 2. The van der Waals surface area contributed by atoms with E-state index in [4.69, 9.17) is 19.8 Å². The Hall–Kier alpha value is -1.97. The second-order valence-electron chi connectivity index (χ2n) is 6.73. The van der Waals surface area contributed by atoms with Gasteiger partial charge in [0.15, 0.2) is 0 Å². The van der Waals surface area contributed by atoms with Crippen LogP contribution < -0.4 is 0 Å². The minimum Gasteiger partial charge on any atom is -0.473 e. The Morgan fingerprint density at radius 2 is 1.44 bits per heavy atom.